The SMILES string of the molecule is Cc1nn2cc(C(C)(C)C)cc3c2[n+]1CCO3. The van der Waals surface area contributed by atoms with Crippen LogP contribution in [-0.4, -0.2) is 16.2 Å². The smallest absolute Gasteiger partial charge is 0.308 e. The van der Waals surface area contributed by atoms with E-state index in [1.54, 1.807) is 0 Å². The highest BCUT2D eigenvalue weighted by atomic mass is 16.5. The zero-order valence-electron chi connectivity index (χ0n) is 10.8. The molecule has 90 valence electrons. The van der Waals surface area contributed by atoms with Crippen molar-refractivity contribution in [1.29, 1.82) is 0 Å². The molecule has 17 heavy (non-hydrogen) atoms. The van der Waals surface area contributed by atoms with Gasteiger partial charge in [-0.05, 0) is 17.0 Å². The van der Waals surface area contributed by atoms with Gasteiger partial charge in [-0.3, -0.25) is 0 Å². The number of hydrogen-bond acceptors (Lipinski definition) is 2. The Balaban J connectivity index is 2.34. The Morgan fingerprint density at radius 2 is 2.18 bits per heavy atom. The molecule has 0 aliphatic carbocycles. The topological polar surface area (TPSA) is 30.4 Å². The number of ether oxygens (including phenoxy) is 1. The third-order valence-electron chi connectivity index (χ3n) is 3.32. The van der Waals surface area contributed by atoms with Gasteiger partial charge in [-0.2, -0.15) is 0 Å². The third-order valence-corrected chi connectivity index (χ3v) is 3.32. The van der Waals surface area contributed by atoms with Crippen molar-refractivity contribution in [2.24, 2.45) is 0 Å². The van der Waals surface area contributed by atoms with E-state index in [4.69, 9.17) is 4.74 Å². The Bertz CT molecular complexity index is 593. The molecular weight excluding hydrogens is 214 g/mol. The van der Waals surface area contributed by atoms with Gasteiger partial charge in [-0.15, -0.1) is 0 Å². The number of aromatic nitrogens is 3. The van der Waals surface area contributed by atoms with Crippen molar-refractivity contribution >= 4 is 5.65 Å². The highest BCUT2D eigenvalue weighted by molar-refractivity contribution is 5.51. The van der Waals surface area contributed by atoms with Gasteiger partial charge in [0.25, 0.3) is 5.82 Å². The summed E-state index contributed by atoms with van der Waals surface area (Å²) in [6.07, 6.45) is 2.11. The van der Waals surface area contributed by atoms with Crippen molar-refractivity contribution in [2.45, 2.75) is 39.7 Å². The lowest BCUT2D eigenvalue weighted by atomic mass is 9.88. The van der Waals surface area contributed by atoms with E-state index in [9.17, 15) is 0 Å². The molecule has 0 aromatic carbocycles. The van der Waals surface area contributed by atoms with Crippen LogP contribution in [0.1, 0.15) is 32.2 Å². The van der Waals surface area contributed by atoms with Crippen LogP contribution in [0.4, 0.5) is 0 Å². The summed E-state index contributed by atoms with van der Waals surface area (Å²) in [6.45, 7) is 10.3. The molecule has 0 amide bonds. The maximum Gasteiger partial charge on any atom is 0.308 e. The van der Waals surface area contributed by atoms with Gasteiger partial charge in [0.1, 0.15) is 19.3 Å². The Hall–Kier alpha value is -1.58. The number of hydrogen-bond donors (Lipinski definition) is 0. The molecular formula is C13H18N3O+. The Kier molecular flexibility index (Phi) is 2.00. The first-order valence-electron chi connectivity index (χ1n) is 6.03. The zero-order valence-corrected chi connectivity index (χ0v) is 10.8. The van der Waals surface area contributed by atoms with E-state index in [0.717, 1.165) is 30.4 Å². The second kappa shape index (κ2) is 3.22. The molecule has 0 fully saturated rings. The van der Waals surface area contributed by atoms with Gasteiger partial charge in [-0.25, -0.2) is 4.57 Å². The fourth-order valence-electron chi connectivity index (χ4n) is 2.28. The molecule has 0 unspecified atom stereocenters. The highest BCUT2D eigenvalue weighted by Crippen LogP contribution is 2.28. The molecule has 1 aliphatic heterocycles. The summed E-state index contributed by atoms with van der Waals surface area (Å²) < 4.78 is 9.93. The van der Waals surface area contributed by atoms with Crippen molar-refractivity contribution < 1.29 is 9.30 Å². The first-order valence-corrected chi connectivity index (χ1v) is 6.03. The van der Waals surface area contributed by atoms with Crippen LogP contribution in [-0.2, 0) is 12.0 Å². The van der Waals surface area contributed by atoms with E-state index in [0.29, 0.717) is 0 Å². The Morgan fingerprint density at radius 1 is 1.41 bits per heavy atom. The first kappa shape index (κ1) is 10.6. The van der Waals surface area contributed by atoms with Crippen molar-refractivity contribution in [1.82, 2.24) is 9.61 Å². The summed E-state index contributed by atoms with van der Waals surface area (Å²) in [5.41, 5.74) is 2.43. The fourth-order valence-corrected chi connectivity index (χ4v) is 2.28. The van der Waals surface area contributed by atoms with E-state index in [2.05, 4.69) is 42.7 Å². The Morgan fingerprint density at radius 3 is 2.88 bits per heavy atom. The predicted molar refractivity (Wildman–Crippen MR) is 64.3 cm³/mol. The lowest BCUT2D eigenvalue weighted by Gasteiger charge is -2.19. The summed E-state index contributed by atoms with van der Waals surface area (Å²) in [4.78, 5) is 0. The van der Waals surface area contributed by atoms with Crippen LogP contribution in [0.3, 0.4) is 0 Å². The molecule has 1 aliphatic rings. The van der Waals surface area contributed by atoms with E-state index in [1.807, 2.05) is 11.4 Å². The van der Waals surface area contributed by atoms with Gasteiger partial charge < -0.3 is 4.74 Å². The average molecular weight is 232 g/mol. The predicted octanol–water partition coefficient (Wildman–Crippen LogP) is 1.62. The number of rotatable bonds is 0. The van der Waals surface area contributed by atoms with Crippen LogP contribution in [0.2, 0.25) is 0 Å². The molecule has 0 radical (unpaired) electrons. The molecule has 0 N–H and O–H groups in total. The number of nitrogens with zero attached hydrogens (tertiary/aromatic N) is 3. The molecule has 0 spiro atoms. The maximum absolute atomic E-state index is 5.76. The summed E-state index contributed by atoms with van der Waals surface area (Å²) in [6, 6.07) is 2.14. The largest absolute Gasteiger partial charge is 0.483 e. The average Bonchev–Trinajstić information content (AvgIpc) is 2.56. The van der Waals surface area contributed by atoms with Gasteiger partial charge in [-0.1, -0.05) is 25.3 Å². The van der Waals surface area contributed by atoms with Crippen molar-refractivity contribution in [3.63, 3.8) is 0 Å². The molecule has 4 heteroatoms. The minimum absolute atomic E-state index is 0.107. The van der Waals surface area contributed by atoms with Gasteiger partial charge in [0, 0.05) is 12.0 Å². The van der Waals surface area contributed by atoms with Crippen LogP contribution in [0, 0.1) is 6.92 Å². The van der Waals surface area contributed by atoms with Crippen LogP contribution < -0.4 is 9.30 Å². The quantitative estimate of drug-likeness (QED) is 0.646. The summed E-state index contributed by atoms with van der Waals surface area (Å²) >= 11 is 0. The van der Waals surface area contributed by atoms with Crippen LogP contribution in [0.15, 0.2) is 12.3 Å². The minimum Gasteiger partial charge on any atom is -0.483 e. The van der Waals surface area contributed by atoms with E-state index >= 15 is 0 Å². The molecule has 4 nitrogen and oxygen atoms in total. The summed E-state index contributed by atoms with van der Waals surface area (Å²) in [5, 5.41) is 4.56. The maximum atomic E-state index is 5.76. The molecule has 2 aromatic heterocycles. The normalized spacial score (nSPS) is 15.1. The number of pyridine rings is 1. The van der Waals surface area contributed by atoms with E-state index in [-0.39, 0.29) is 5.41 Å². The van der Waals surface area contributed by atoms with Crippen molar-refractivity contribution in [3.8, 4) is 5.75 Å². The second-order valence-electron chi connectivity index (χ2n) is 5.66. The monoisotopic (exact) mass is 232 g/mol. The third kappa shape index (κ3) is 1.51. The number of aryl methyl sites for hydroxylation is 1. The van der Waals surface area contributed by atoms with Gasteiger partial charge >= 0.3 is 5.65 Å². The molecule has 3 heterocycles. The second-order valence-corrected chi connectivity index (χ2v) is 5.66. The van der Waals surface area contributed by atoms with Gasteiger partial charge in [0.2, 0.25) is 0 Å². The van der Waals surface area contributed by atoms with E-state index in [1.165, 1.54) is 5.56 Å². The molecule has 3 rings (SSSR count). The van der Waals surface area contributed by atoms with Crippen LogP contribution in [0.5, 0.6) is 5.75 Å². The van der Waals surface area contributed by atoms with Gasteiger partial charge in [0.15, 0.2) is 5.75 Å². The zero-order chi connectivity index (χ0) is 12.2. The van der Waals surface area contributed by atoms with Crippen LogP contribution in [0.25, 0.3) is 5.65 Å². The van der Waals surface area contributed by atoms with Crippen LogP contribution >= 0.6 is 0 Å². The molecule has 2 aromatic rings. The standard InChI is InChI=1S/C13H18N3O/c1-9-14-16-8-10(13(2,3)4)7-11-12(16)15(9)5-6-17-11/h7-8H,5-6H2,1-4H3/q+1. The lowest BCUT2D eigenvalue weighted by Crippen LogP contribution is -2.42. The molecule has 0 atom stereocenters. The molecule has 0 saturated heterocycles. The summed E-state index contributed by atoms with van der Waals surface area (Å²) in [7, 11) is 0. The first-order chi connectivity index (χ1) is 7.97. The van der Waals surface area contributed by atoms with Gasteiger partial charge in [0.05, 0.1) is 0 Å². The summed E-state index contributed by atoms with van der Waals surface area (Å²) in [5.74, 6) is 1.99. The van der Waals surface area contributed by atoms with E-state index < -0.39 is 0 Å². The van der Waals surface area contributed by atoms with Crippen molar-refractivity contribution in [3.05, 3.63) is 23.7 Å². The highest BCUT2D eigenvalue weighted by Gasteiger charge is 2.28. The molecule has 0 bridgehead atoms. The molecule has 0 saturated carbocycles. The van der Waals surface area contributed by atoms with Crippen molar-refractivity contribution in [2.75, 3.05) is 6.61 Å². The lowest BCUT2D eigenvalue weighted by molar-refractivity contribution is -0.683. The fraction of sp³-hybridized carbons (Fsp3) is 0.538. The minimum atomic E-state index is 0.107. The Labute approximate surface area is 101 Å².